The van der Waals surface area contributed by atoms with Gasteiger partial charge in [-0.05, 0) is 73.9 Å². The lowest BCUT2D eigenvalue weighted by atomic mass is 9.65. The molecule has 31 heavy (non-hydrogen) atoms. The molecule has 5 heteroatoms. The number of nitrogens with one attached hydrogen (secondary N) is 1. The van der Waals surface area contributed by atoms with Gasteiger partial charge in [-0.15, -0.1) is 0 Å². The van der Waals surface area contributed by atoms with Crippen molar-refractivity contribution in [1.29, 1.82) is 0 Å². The van der Waals surface area contributed by atoms with E-state index in [4.69, 9.17) is 12.2 Å². The lowest BCUT2D eigenvalue weighted by molar-refractivity contribution is 0.0976. The van der Waals surface area contributed by atoms with E-state index >= 15 is 0 Å². The second-order valence-electron chi connectivity index (χ2n) is 8.81. The molecule has 0 bridgehead atoms. The molecule has 1 unspecified atom stereocenters. The smallest absolute Gasteiger partial charge is 0.257 e. The van der Waals surface area contributed by atoms with Crippen LogP contribution in [-0.4, -0.2) is 16.6 Å². The Kier molecular flexibility index (Phi) is 5.40. The van der Waals surface area contributed by atoms with Crippen LogP contribution in [-0.2, 0) is 5.41 Å². The van der Waals surface area contributed by atoms with Crippen LogP contribution >= 0.6 is 12.2 Å². The number of amides is 1. The van der Waals surface area contributed by atoms with Crippen molar-refractivity contribution in [2.24, 2.45) is 0 Å². The fourth-order valence-corrected chi connectivity index (χ4v) is 5.21. The summed E-state index contributed by atoms with van der Waals surface area (Å²) in [6, 6.07) is 24.1. The average molecular weight is 433 g/mol. The van der Waals surface area contributed by atoms with Gasteiger partial charge >= 0.3 is 0 Å². The van der Waals surface area contributed by atoms with E-state index in [0.717, 1.165) is 12.1 Å². The van der Waals surface area contributed by atoms with Gasteiger partial charge in [0.15, 0.2) is 5.11 Å². The number of carbonyl (C=O) groups excluding carboxylic acids is 1. The Labute approximate surface area is 187 Å². The molecular formula is C26H25FN2OS. The van der Waals surface area contributed by atoms with E-state index in [1.54, 1.807) is 0 Å². The van der Waals surface area contributed by atoms with Crippen molar-refractivity contribution >= 4 is 28.9 Å². The Morgan fingerprint density at radius 3 is 2.23 bits per heavy atom. The second-order valence-corrected chi connectivity index (χ2v) is 9.19. The highest BCUT2D eigenvalue weighted by atomic mass is 32.1. The van der Waals surface area contributed by atoms with Gasteiger partial charge < -0.3 is 4.90 Å². The van der Waals surface area contributed by atoms with E-state index in [1.807, 2.05) is 29.2 Å². The first-order chi connectivity index (χ1) is 14.7. The minimum Gasteiger partial charge on any atom is -0.313 e. The van der Waals surface area contributed by atoms with Gasteiger partial charge in [-0.3, -0.25) is 10.1 Å². The van der Waals surface area contributed by atoms with Crippen LogP contribution in [0.4, 0.5) is 10.1 Å². The van der Waals surface area contributed by atoms with E-state index in [2.05, 4.69) is 56.4 Å². The van der Waals surface area contributed by atoms with Gasteiger partial charge in [0, 0.05) is 22.2 Å². The lowest BCUT2D eigenvalue weighted by Gasteiger charge is -2.52. The van der Waals surface area contributed by atoms with Gasteiger partial charge in [0.25, 0.3) is 5.91 Å². The summed E-state index contributed by atoms with van der Waals surface area (Å²) in [6.45, 7) is 6.54. The van der Waals surface area contributed by atoms with Gasteiger partial charge in [-0.2, -0.15) is 0 Å². The quantitative estimate of drug-likeness (QED) is 0.517. The molecule has 0 radical (unpaired) electrons. The molecule has 0 aromatic heterocycles. The van der Waals surface area contributed by atoms with E-state index in [1.165, 1.54) is 35.4 Å². The monoisotopic (exact) mass is 432 g/mol. The summed E-state index contributed by atoms with van der Waals surface area (Å²) in [5, 5.41) is 3.18. The number of nitrogens with zero attached hydrogens (tertiary/aromatic N) is 1. The molecule has 0 fully saturated rings. The standard InChI is InChI=1S/C26H25FN2OS/c1-25(2)17-26(3,19-9-5-4-6-10-19)21-11-7-8-12-22(21)29(25)24(31)28-23(30)18-13-15-20(27)16-14-18/h4-16H,17H2,1-3H3,(H,28,30,31). The molecule has 3 aromatic rings. The zero-order valence-corrected chi connectivity index (χ0v) is 18.7. The number of thiocarbonyl (C=S) groups is 1. The van der Waals surface area contributed by atoms with Crippen molar-refractivity contribution in [2.75, 3.05) is 4.90 Å². The molecule has 3 aromatic carbocycles. The third kappa shape index (κ3) is 3.86. The fourth-order valence-electron chi connectivity index (χ4n) is 4.78. The Hall–Kier alpha value is -3.05. The molecule has 3 nitrogen and oxygen atoms in total. The molecule has 0 aliphatic carbocycles. The van der Waals surface area contributed by atoms with Crippen LogP contribution in [0, 0.1) is 5.82 Å². The maximum atomic E-state index is 13.2. The molecular weight excluding hydrogens is 407 g/mol. The Bertz CT molecular complexity index is 1130. The fraction of sp³-hybridized carbons (Fsp3) is 0.231. The SMILES string of the molecule is CC1(c2ccccc2)CC(C)(C)N(C(=S)NC(=O)c2ccc(F)cc2)c2ccccc21. The van der Waals surface area contributed by atoms with Crippen LogP contribution in [0.5, 0.6) is 0 Å². The molecule has 0 spiro atoms. The van der Waals surface area contributed by atoms with Crippen LogP contribution in [0.3, 0.4) is 0 Å². The number of hydrogen-bond acceptors (Lipinski definition) is 2. The summed E-state index contributed by atoms with van der Waals surface area (Å²) in [5.41, 5.74) is 3.20. The lowest BCUT2D eigenvalue weighted by Crippen LogP contribution is -2.59. The van der Waals surface area contributed by atoms with Gasteiger partial charge in [-0.25, -0.2) is 4.39 Å². The van der Waals surface area contributed by atoms with Crippen molar-refractivity contribution in [3.63, 3.8) is 0 Å². The topological polar surface area (TPSA) is 32.3 Å². The third-order valence-corrected chi connectivity index (χ3v) is 6.36. The number of fused-ring (bicyclic) bond motifs is 1. The first-order valence-corrected chi connectivity index (χ1v) is 10.7. The molecule has 1 atom stereocenters. The molecule has 0 saturated carbocycles. The highest BCUT2D eigenvalue weighted by Crippen LogP contribution is 2.50. The van der Waals surface area contributed by atoms with Crippen LogP contribution in [0.1, 0.15) is 48.7 Å². The Balaban J connectivity index is 1.72. The average Bonchev–Trinajstić information content (AvgIpc) is 2.74. The van der Waals surface area contributed by atoms with Crippen LogP contribution < -0.4 is 10.2 Å². The first-order valence-electron chi connectivity index (χ1n) is 10.3. The number of benzene rings is 3. The molecule has 158 valence electrons. The molecule has 1 N–H and O–H groups in total. The summed E-state index contributed by atoms with van der Waals surface area (Å²) in [4.78, 5) is 14.8. The molecule has 1 amide bonds. The first kappa shape index (κ1) is 21.2. The minimum atomic E-state index is -0.384. The summed E-state index contributed by atoms with van der Waals surface area (Å²) >= 11 is 5.71. The highest BCUT2D eigenvalue weighted by molar-refractivity contribution is 7.80. The molecule has 1 heterocycles. The maximum Gasteiger partial charge on any atom is 0.257 e. The zero-order chi connectivity index (χ0) is 22.2. The summed E-state index contributed by atoms with van der Waals surface area (Å²) in [7, 11) is 0. The van der Waals surface area contributed by atoms with Crippen molar-refractivity contribution in [3.8, 4) is 0 Å². The highest BCUT2D eigenvalue weighted by Gasteiger charge is 2.46. The number of para-hydroxylation sites is 1. The van der Waals surface area contributed by atoms with Crippen molar-refractivity contribution in [3.05, 3.63) is 101 Å². The minimum absolute atomic E-state index is 0.200. The Morgan fingerprint density at radius 2 is 1.55 bits per heavy atom. The summed E-state index contributed by atoms with van der Waals surface area (Å²) < 4.78 is 13.2. The van der Waals surface area contributed by atoms with Gasteiger partial charge in [0.1, 0.15) is 5.82 Å². The van der Waals surface area contributed by atoms with E-state index in [-0.39, 0.29) is 22.7 Å². The number of halogens is 1. The zero-order valence-electron chi connectivity index (χ0n) is 17.9. The van der Waals surface area contributed by atoms with Crippen molar-refractivity contribution in [2.45, 2.75) is 38.1 Å². The number of anilines is 1. The third-order valence-electron chi connectivity index (χ3n) is 6.07. The van der Waals surface area contributed by atoms with Crippen molar-refractivity contribution in [1.82, 2.24) is 5.32 Å². The number of hydrogen-bond donors (Lipinski definition) is 1. The van der Waals surface area contributed by atoms with Crippen LogP contribution in [0.25, 0.3) is 0 Å². The Morgan fingerprint density at radius 1 is 0.935 bits per heavy atom. The number of carbonyl (C=O) groups is 1. The molecule has 1 aliphatic rings. The number of rotatable bonds is 2. The van der Waals surface area contributed by atoms with Gasteiger partial charge in [-0.1, -0.05) is 55.5 Å². The van der Waals surface area contributed by atoms with E-state index in [0.29, 0.717) is 10.7 Å². The largest absolute Gasteiger partial charge is 0.313 e. The summed E-state index contributed by atoms with van der Waals surface area (Å²) in [6.07, 6.45) is 0.813. The molecule has 0 saturated heterocycles. The predicted molar refractivity (Wildman–Crippen MR) is 127 cm³/mol. The van der Waals surface area contributed by atoms with Gasteiger partial charge in [0.2, 0.25) is 0 Å². The predicted octanol–water partition coefficient (Wildman–Crippen LogP) is 5.84. The summed E-state index contributed by atoms with van der Waals surface area (Å²) in [5.74, 6) is -0.736. The van der Waals surface area contributed by atoms with Gasteiger partial charge in [0.05, 0.1) is 0 Å². The normalized spacial score (nSPS) is 19.4. The maximum absolute atomic E-state index is 13.2. The van der Waals surface area contributed by atoms with Crippen LogP contribution in [0.2, 0.25) is 0 Å². The second kappa shape index (κ2) is 7.89. The molecule has 4 rings (SSSR count). The van der Waals surface area contributed by atoms with Crippen LogP contribution in [0.15, 0.2) is 78.9 Å². The van der Waals surface area contributed by atoms with E-state index in [9.17, 15) is 9.18 Å². The molecule has 1 aliphatic heterocycles. The van der Waals surface area contributed by atoms with Crippen molar-refractivity contribution < 1.29 is 9.18 Å². The van der Waals surface area contributed by atoms with E-state index < -0.39 is 0 Å².